The van der Waals surface area contributed by atoms with Crippen LogP contribution in [0, 0.1) is 11.6 Å². The summed E-state index contributed by atoms with van der Waals surface area (Å²) >= 11 is 5.79. The lowest BCUT2D eigenvalue weighted by molar-refractivity contribution is 0.296. The van der Waals surface area contributed by atoms with E-state index >= 15 is 0 Å². The molecule has 4 rings (SSSR count). The molecule has 1 fully saturated rings. The summed E-state index contributed by atoms with van der Waals surface area (Å²) in [4.78, 5) is 8.25. The number of ether oxygens (including phenoxy) is 1. The number of aromatic nitrogens is 1. The molecule has 0 spiro atoms. The van der Waals surface area contributed by atoms with E-state index in [1.54, 1.807) is 24.3 Å². The molecule has 1 saturated heterocycles. The molecule has 0 saturated carbocycles. The molecule has 0 radical (unpaired) electrons. The molecule has 1 aliphatic heterocycles. The van der Waals surface area contributed by atoms with Crippen LogP contribution in [0.25, 0.3) is 0 Å². The molecule has 0 atom stereocenters. The van der Waals surface area contributed by atoms with Crippen molar-refractivity contribution in [1.29, 1.82) is 0 Å². The molecule has 9 heteroatoms. The maximum atomic E-state index is 13.3. The number of benzene rings is 2. The van der Waals surface area contributed by atoms with Gasteiger partial charge in [0.2, 0.25) is 5.88 Å². The summed E-state index contributed by atoms with van der Waals surface area (Å²) in [6.45, 7) is 2.60. The van der Waals surface area contributed by atoms with Crippen LogP contribution in [0.1, 0.15) is 5.56 Å². The number of pyridine rings is 1. The van der Waals surface area contributed by atoms with E-state index in [2.05, 4.69) is 15.0 Å². The zero-order valence-corrected chi connectivity index (χ0v) is 17.1. The van der Waals surface area contributed by atoms with Gasteiger partial charge in [-0.3, -0.25) is 0 Å². The zero-order valence-electron chi connectivity index (χ0n) is 16.4. The van der Waals surface area contributed by atoms with Crippen molar-refractivity contribution in [2.24, 2.45) is 5.16 Å². The largest absolute Gasteiger partial charge is 0.439 e. The first kappa shape index (κ1) is 20.9. The number of oxime groups is 1. The highest BCUT2D eigenvalue weighted by atomic mass is 35.5. The second-order valence-electron chi connectivity index (χ2n) is 6.93. The van der Waals surface area contributed by atoms with Crippen LogP contribution >= 0.6 is 11.6 Å². The van der Waals surface area contributed by atoms with Gasteiger partial charge in [0.05, 0.1) is 5.02 Å². The fraction of sp³-hybridized carbons (Fsp3) is 0.182. The van der Waals surface area contributed by atoms with E-state index < -0.39 is 5.82 Å². The van der Waals surface area contributed by atoms with E-state index in [-0.39, 0.29) is 16.7 Å². The molecule has 1 aromatic heterocycles. The first-order valence-corrected chi connectivity index (χ1v) is 9.98. The third-order valence-corrected chi connectivity index (χ3v) is 5.26. The standard InChI is InChI=1S/C22H19ClF2N4O2/c23-19-14-18(5-6-20(19)25)31-21-13-15(7-8-26-21)22(27-30)29-11-9-28(10-12-29)17-3-1-16(24)2-4-17/h1-8,13-14,30H,9-12H2/b27-22-. The number of rotatable bonds is 4. The Bertz CT molecular complexity index is 1090. The number of halogens is 3. The Labute approximate surface area is 182 Å². The molecule has 2 aromatic carbocycles. The van der Waals surface area contributed by atoms with E-state index in [1.165, 1.54) is 36.5 Å². The molecule has 0 bridgehead atoms. The predicted molar refractivity (Wildman–Crippen MR) is 114 cm³/mol. The third kappa shape index (κ3) is 4.86. The van der Waals surface area contributed by atoms with Gasteiger partial charge in [-0.2, -0.15) is 0 Å². The molecule has 31 heavy (non-hydrogen) atoms. The lowest BCUT2D eigenvalue weighted by atomic mass is 10.2. The molecule has 2 heterocycles. The topological polar surface area (TPSA) is 61.2 Å². The Morgan fingerprint density at radius 3 is 2.42 bits per heavy atom. The molecule has 6 nitrogen and oxygen atoms in total. The fourth-order valence-corrected chi connectivity index (χ4v) is 3.57. The van der Waals surface area contributed by atoms with Crippen molar-refractivity contribution < 1.29 is 18.7 Å². The summed E-state index contributed by atoms with van der Waals surface area (Å²) in [5.41, 5.74) is 1.57. The molecule has 0 aliphatic carbocycles. The monoisotopic (exact) mass is 444 g/mol. The highest BCUT2D eigenvalue weighted by Gasteiger charge is 2.22. The first-order valence-electron chi connectivity index (χ1n) is 9.60. The van der Waals surface area contributed by atoms with Crippen molar-refractivity contribution >= 4 is 23.1 Å². The van der Waals surface area contributed by atoms with E-state index in [9.17, 15) is 14.0 Å². The highest BCUT2D eigenvalue weighted by Crippen LogP contribution is 2.26. The van der Waals surface area contributed by atoms with Gasteiger partial charge in [-0.15, -0.1) is 0 Å². The highest BCUT2D eigenvalue weighted by molar-refractivity contribution is 6.30. The van der Waals surface area contributed by atoms with Gasteiger partial charge < -0.3 is 19.7 Å². The minimum atomic E-state index is -0.537. The van der Waals surface area contributed by atoms with Crippen LogP contribution in [0.5, 0.6) is 11.6 Å². The summed E-state index contributed by atoms with van der Waals surface area (Å²) in [6.07, 6.45) is 1.54. The molecular formula is C22H19ClF2N4O2. The van der Waals surface area contributed by atoms with Gasteiger partial charge in [0.15, 0.2) is 5.84 Å². The number of anilines is 1. The van der Waals surface area contributed by atoms with Crippen molar-refractivity contribution in [3.63, 3.8) is 0 Å². The van der Waals surface area contributed by atoms with Crippen molar-refractivity contribution in [2.45, 2.75) is 0 Å². The van der Waals surface area contributed by atoms with Crippen LogP contribution in [0.4, 0.5) is 14.5 Å². The van der Waals surface area contributed by atoms with Crippen molar-refractivity contribution in [2.75, 3.05) is 31.1 Å². The molecule has 1 aliphatic rings. The van der Waals surface area contributed by atoms with Crippen molar-refractivity contribution in [1.82, 2.24) is 9.88 Å². The summed E-state index contributed by atoms with van der Waals surface area (Å²) in [6, 6.07) is 13.8. The summed E-state index contributed by atoms with van der Waals surface area (Å²) in [5, 5.41) is 13.1. The number of nitrogens with zero attached hydrogens (tertiary/aromatic N) is 4. The smallest absolute Gasteiger partial charge is 0.219 e. The lowest BCUT2D eigenvalue weighted by Crippen LogP contribution is -2.49. The Morgan fingerprint density at radius 2 is 1.74 bits per heavy atom. The van der Waals surface area contributed by atoms with Crippen LogP contribution < -0.4 is 9.64 Å². The van der Waals surface area contributed by atoms with Crippen LogP contribution in [-0.2, 0) is 0 Å². The van der Waals surface area contributed by atoms with Crippen LogP contribution in [0.3, 0.4) is 0 Å². The SMILES string of the molecule is O/N=C(/c1ccnc(Oc2ccc(F)c(Cl)c2)c1)N1CCN(c2ccc(F)cc2)CC1. The Balaban J connectivity index is 1.45. The van der Waals surface area contributed by atoms with Gasteiger partial charge in [-0.25, -0.2) is 13.8 Å². The minimum absolute atomic E-state index is 0.0507. The van der Waals surface area contributed by atoms with Crippen LogP contribution in [-0.4, -0.2) is 47.1 Å². The molecular weight excluding hydrogens is 426 g/mol. The summed E-state index contributed by atoms with van der Waals surface area (Å²) < 4.78 is 32.2. The normalized spacial score (nSPS) is 14.6. The average Bonchev–Trinajstić information content (AvgIpc) is 2.78. The lowest BCUT2D eigenvalue weighted by Gasteiger charge is -2.37. The van der Waals surface area contributed by atoms with Crippen LogP contribution in [0.15, 0.2) is 65.9 Å². The summed E-state index contributed by atoms with van der Waals surface area (Å²) in [7, 11) is 0. The Hall–Kier alpha value is -3.39. The number of amidine groups is 1. The van der Waals surface area contributed by atoms with Gasteiger partial charge in [0.1, 0.15) is 17.4 Å². The Morgan fingerprint density at radius 1 is 1.00 bits per heavy atom. The number of piperazine rings is 1. The van der Waals surface area contributed by atoms with Gasteiger partial charge >= 0.3 is 0 Å². The quantitative estimate of drug-likeness (QED) is 0.272. The maximum absolute atomic E-state index is 13.3. The molecule has 0 amide bonds. The zero-order chi connectivity index (χ0) is 21.8. The number of hydrogen-bond acceptors (Lipinski definition) is 5. The predicted octanol–water partition coefficient (Wildman–Crippen LogP) is 4.76. The van der Waals surface area contributed by atoms with Gasteiger partial charge in [-0.05, 0) is 42.5 Å². The van der Waals surface area contributed by atoms with Crippen molar-refractivity contribution in [3.05, 3.63) is 83.0 Å². The van der Waals surface area contributed by atoms with Gasteiger partial charge in [-0.1, -0.05) is 16.8 Å². The Kier molecular flexibility index (Phi) is 6.18. The molecule has 3 aromatic rings. The second-order valence-corrected chi connectivity index (χ2v) is 7.34. The molecule has 0 unspecified atom stereocenters. The third-order valence-electron chi connectivity index (χ3n) is 4.97. The summed E-state index contributed by atoms with van der Waals surface area (Å²) in [5.74, 6) is 0.182. The van der Waals surface area contributed by atoms with Crippen LogP contribution in [0.2, 0.25) is 5.02 Å². The molecule has 1 N–H and O–H groups in total. The second kappa shape index (κ2) is 9.18. The maximum Gasteiger partial charge on any atom is 0.219 e. The fourth-order valence-electron chi connectivity index (χ4n) is 3.40. The van der Waals surface area contributed by atoms with Gasteiger partial charge in [0.25, 0.3) is 0 Å². The number of hydrogen-bond donors (Lipinski definition) is 1. The minimum Gasteiger partial charge on any atom is -0.439 e. The van der Waals surface area contributed by atoms with Gasteiger partial charge in [0, 0.05) is 55.8 Å². The van der Waals surface area contributed by atoms with E-state index in [1.807, 2.05) is 4.90 Å². The first-order chi connectivity index (χ1) is 15.0. The van der Waals surface area contributed by atoms with E-state index in [0.717, 1.165) is 5.69 Å². The average molecular weight is 445 g/mol. The molecule has 160 valence electrons. The van der Waals surface area contributed by atoms with E-state index in [0.29, 0.717) is 43.3 Å². The van der Waals surface area contributed by atoms with E-state index in [4.69, 9.17) is 16.3 Å². The van der Waals surface area contributed by atoms with Crippen molar-refractivity contribution in [3.8, 4) is 11.6 Å².